The molecule has 3 nitrogen and oxygen atoms in total. The quantitative estimate of drug-likeness (QED) is 0.906. The summed E-state index contributed by atoms with van der Waals surface area (Å²) in [5.41, 5.74) is 6.23. The third-order valence-corrected chi connectivity index (χ3v) is 4.70. The average Bonchev–Trinajstić information content (AvgIpc) is 2.41. The summed E-state index contributed by atoms with van der Waals surface area (Å²) >= 11 is 0. The van der Waals surface area contributed by atoms with Gasteiger partial charge in [-0.05, 0) is 43.4 Å². The zero-order chi connectivity index (χ0) is 15.8. The Hall–Kier alpha value is -1.13. The van der Waals surface area contributed by atoms with E-state index in [0.29, 0.717) is 13.1 Å². The number of likely N-dealkylation sites (tertiary alicyclic amines) is 1. The van der Waals surface area contributed by atoms with Gasteiger partial charge in [0.15, 0.2) is 0 Å². The van der Waals surface area contributed by atoms with Gasteiger partial charge in [0.25, 0.3) is 0 Å². The topological polar surface area (TPSA) is 46.3 Å². The Bertz CT molecular complexity index is 528. The number of amides is 1. The van der Waals surface area contributed by atoms with E-state index in [4.69, 9.17) is 5.73 Å². The van der Waals surface area contributed by atoms with Gasteiger partial charge in [0.1, 0.15) is 5.82 Å². The molecule has 22 heavy (non-hydrogen) atoms. The van der Waals surface area contributed by atoms with E-state index in [1.807, 2.05) is 18.7 Å². The van der Waals surface area contributed by atoms with Crippen molar-refractivity contribution in [2.45, 2.75) is 45.6 Å². The van der Waals surface area contributed by atoms with E-state index in [1.54, 1.807) is 12.1 Å². The molecule has 1 unspecified atom stereocenters. The van der Waals surface area contributed by atoms with Crippen LogP contribution in [0.5, 0.6) is 0 Å². The maximum Gasteiger partial charge on any atom is 0.232 e. The highest BCUT2D eigenvalue weighted by Crippen LogP contribution is 2.32. The number of hydrogen-bond acceptors (Lipinski definition) is 2. The van der Waals surface area contributed by atoms with Crippen molar-refractivity contribution in [3.63, 3.8) is 0 Å². The molecule has 2 rings (SSSR count). The Morgan fingerprint density at radius 1 is 1.32 bits per heavy atom. The lowest BCUT2D eigenvalue weighted by molar-refractivity contribution is -0.139. The van der Waals surface area contributed by atoms with Gasteiger partial charge in [-0.15, -0.1) is 12.4 Å². The fourth-order valence-corrected chi connectivity index (χ4v) is 2.93. The third-order valence-electron chi connectivity index (χ3n) is 4.70. The van der Waals surface area contributed by atoms with E-state index in [-0.39, 0.29) is 35.6 Å². The summed E-state index contributed by atoms with van der Waals surface area (Å²) in [6, 6.07) is 6.30. The summed E-state index contributed by atoms with van der Waals surface area (Å²) in [6.07, 6.45) is 0.818. The van der Waals surface area contributed by atoms with Gasteiger partial charge >= 0.3 is 0 Å². The van der Waals surface area contributed by atoms with Crippen LogP contribution in [0.3, 0.4) is 0 Å². The third kappa shape index (κ3) is 3.61. The summed E-state index contributed by atoms with van der Waals surface area (Å²) < 4.78 is 13.1. The molecule has 1 heterocycles. The number of carbonyl (C=O) groups excluding carboxylic acids is 1. The van der Waals surface area contributed by atoms with Crippen LogP contribution < -0.4 is 5.73 Å². The van der Waals surface area contributed by atoms with Crippen LogP contribution in [0, 0.1) is 11.2 Å². The first-order valence-corrected chi connectivity index (χ1v) is 7.45. The van der Waals surface area contributed by atoms with E-state index in [2.05, 4.69) is 13.8 Å². The second-order valence-corrected chi connectivity index (χ2v) is 7.24. The van der Waals surface area contributed by atoms with Crippen molar-refractivity contribution in [2.24, 2.45) is 11.1 Å². The molecule has 1 aliphatic rings. The van der Waals surface area contributed by atoms with Crippen LogP contribution in [0.4, 0.5) is 4.39 Å². The molecule has 0 bridgehead atoms. The normalized spacial score (nSPS) is 21.2. The summed E-state index contributed by atoms with van der Waals surface area (Å²) in [5, 5.41) is 0. The second kappa shape index (κ2) is 6.55. The first-order valence-electron chi connectivity index (χ1n) is 7.45. The Balaban J connectivity index is 0.00000242. The minimum Gasteiger partial charge on any atom is -0.341 e. The Morgan fingerprint density at radius 2 is 1.86 bits per heavy atom. The fraction of sp³-hybridized carbons (Fsp3) is 0.588. The molecule has 1 atom stereocenters. The summed E-state index contributed by atoms with van der Waals surface area (Å²) in [5.74, 6) is -0.207. The molecular formula is C17H26ClFN2O. The van der Waals surface area contributed by atoms with Crippen LogP contribution in [0.25, 0.3) is 0 Å². The molecule has 0 aromatic heterocycles. The Morgan fingerprint density at radius 3 is 2.36 bits per heavy atom. The maximum atomic E-state index is 13.1. The van der Waals surface area contributed by atoms with Crippen LogP contribution in [-0.2, 0) is 10.2 Å². The molecular weight excluding hydrogens is 303 g/mol. The molecule has 1 aromatic rings. The van der Waals surface area contributed by atoms with Crippen molar-refractivity contribution in [3.8, 4) is 0 Å². The Labute approximate surface area is 138 Å². The first-order chi connectivity index (χ1) is 9.64. The first kappa shape index (κ1) is 18.9. The lowest BCUT2D eigenvalue weighted by Gasteiger charge is -2.45. The molecule has 124 valence electrons. The number of halogens is 2. The van der Waals surface area contributed by atoms with Gasteiger partial charge in [-0.2, -0.15) is 0 Å². The predicted molar refractivity (Wildman–Crippen MR) is 89.6 cm³/mol. The van der Waals surface area contributed by atoms with E-state index >= 15 is 0 Å². The SMILES string of the molecule is CC(C)(C(=O)N1CCC(N)C(C)(C)C1)c1ccc(F)cc1.Cl. The number of benzene rings is 1. The highest BCUT2D eigenvalue weighted by molar-refractivity contribution is 5.87. The van der Waals surface area contributed by atoms with E-state index in [0.717, 1.165) is 12.0 Å². The van der Waals surface area contributed by atoms with Crippen molar-refractivity contribution in [1.82, 2.24) is 4.90 Å². The monoisotopic (exact) mass is 328 g/mol. The van der Waals surface area contributed by atoms with Crippen molar-refractivity contribution in [1.29, 1.82) is 0 Å². The van der Waals surface area contributed by atoms with Crippen LogP contribution in [0.1, 0.15) is 39.7 Å². The van der Waals surface area contributed by atoms with Gasteiger partial charge in [-0.25, -0.2) is 4.39 Å². The van der Waals surface area contributed by atoms with Crippen LogP contribution in [0.15, 0.2) is 24.3 Å². The maximum absolute atomic E-state index is 13.1. The summed E-state index contributed by atoms with van der Waals surface area (Å²) in [6.45, 7) is 9.34. The Kier molecular flexibility index (Phi) is 5.63. The molecule has 1 saturated heterocycles. The van der Waals surface area contributed by atoms with E-state index in [1.165, 1.54) is 12.1 Å². The van der Waals surface area contributed by atoms with Gasteiger partial charge in [-0.1, -0.05) is 26.0 Å². The van der Waals surface area contributed by atoms with Gasteiger partial charge in [0, 0.05) is 19.1 Å². The molecule has 1 amide bonds. The van der Waals surface area contributed by atoms with Crippen LogP contribution in [-0.4, -0.2) is 29.9 Å². The predicted octanol–water partition coefficient (Wildman–Crippen LogP) is 3.11. The summed E-state index contributed by atoms with van der Waals surface area (Å²) in [4.78, 5) is 14.8. The van der Waals surface area contributed by atoms with E-state index < -0.39 is 5.41 Å². The highest BCUT2D eigenvalue weighted by Gasteiger charge is 2.40. The number of hydrogen-bond donors (Lipinski definition) is 1. The van der Waals surface area contributed by atoms with Crippen LogP contribution >= 0.6 is 12.4 Å². The second-order valence-electron chi connectivity index (χ2n) is 7.24. The number of nitrogens with zero attached hydrogens (tertiary/aromatic N) is 1. The lowest BCUT2D eigenvalue weighted by Crippen LogP contribution is -2.56. The van der Waals surface area contributed by atoms with Crippen LogP contribution in [0.2, 0.25) is 0 Å². The minimum atomic E-state index is -0.661. The fourth-order valence-electron chi connectivity index (χ4n) is 2.93. The van der Waals surface area contributed by atoms with Crippen molar-refractivity contribution < 1.29 is 9.18 Å². The van der Waals surface area contributed by atoms with Gasteiger partial charge in [-0.3, -0.25) is 4.79 Å². The highest BCUT2D eigenvalue weighted by atomic mass is 35.5. The van der Waals surface area contributed by atoms with Crippen molar-refractivity contribution >= 4 is 18.3 Å². The zero-order valence-corrected chi connectivity index (χ0v) is 14.5. The molecule has 2 N–H and O–H groups in total. The molecule has 1 aromatic carbocycles. The molecule has 1 fully saturated rings. The lowest BCUT2D eigenvalue weighted by atomic mass is 9.77. The molecule has 0 spiro atoms. The minimum absolute atomic E-state index is 0. The molecule has 1 aliphatic heterocycles. The number of carbonyl (C=O) groups is 1. The van der Waals surface area contributed by atoms with Crippen molar-refractivity contribution in [3.05, 3.63) is 35.6 Å². The molecule has 0 saturated carbocycles. The van der Waals surface area contributed by atoms with Gasteiger partial charge in [0.05, 0.1) is 5.41 Å². The standard InChI is InChI=1S/C17H25FN2O.ClH/c1-16(2)11-20(10-9-14(16)19)15(21)17(3,4)12-5-7-13(18)8-6-12;/h5-8,14H,9-11,19H2,1-4H3;1H. The van der Waals surface area contributed by atoms with Crippen molar-refractivity contribution in [2.75, 3.05) is 13.1 Å². The summed E-state index contributed by atoms with van der Waals surface area (Å²) in [7, 11) is 0. The molecule has 5 heteroatoms. The smallest absolute Gasteiger partial charge is 0.232 e. The zero-order valence-electron chi connectivity index (χ0n) is 13.7. The largest absolute Gasteiger partial charge is 0.341 e. The molecule has 0 aliphatic carbocycles. The number of rotatable bonds is 2. The van der Waals surface area contributed by atoms with E-state index in [9.17, 15) is 9.18 Å². The molecule has 0 radical (unpaired) electrons. The van der Waals surface area contributed by atoms with Gasteiger partial charge in [0.2, 0.25) is 5.91 Å². The number of piperidine rings is 1. The number of nitrogens with two attached hydrogens (primary N) is 1. The van der Waals surface area contributed by atoms with Gasteiger partial charge < -0.3 is 10.6 Å². The average molecular weight is 329 g/mol.